The van der Waals surface area contributed by atoms with Crippen molar-refractivity contribution in [3.05, 3.63) is 0 Å². The van der Waals surface area contributed by atoms with Crippen molar-refractivity contribution in [3.8, 4) is 0 Å². The Morgan fingerprint density at radius 1 is 1.55 bits per heavy atom. The molecule has 2 N–H and O–H groups in total. The highest BCUT2D eigenvalue weighted by molar-refractivity contribution is 5.75. The standard InChI is InChI=1S/C7H15NO3/c1-5(4-10-3)11-7(9)6(2)8/h5-6H,4,8H2,1-3H3/t5?,6-/m0/s1. The zero-order valence-corrected chi connectivity index (χ0v) is 7.16. The van der Waals surface area contributed by atoms with Crippen molar-refractivity contribution in [3.63, 3.8) is 0 Å². The summed E-state index contributed by atoms with van der Waals surface area (Å²) in [6.07, 6.45) is -0.224. The molecule has 0 aliphatic rings. The molecule has 0 aromatic rings. The Balaban J connectivity index is 3.57. The molecule has 0 heterocycles. The minimum absolute atomic E-state index is 0.224. The van der Waals surface area contributed by atoms with Crippen LogP contribution in [0.25, 0.3) is 0 Å². The zero-order chi connectivity index (χ0) is 8.85. The summed E-state index contributed by atoms with van der Waals surface area (Å²) in [5.41, 5.74) is 5.27. The van der Waals surface area contributed by atoms with E-state index in [1.54, 1.807) is 21.0 Å². The third-order valence-corrected chi connectivity index (χ3v) is 1.09. The monoisotopic (exact) mass is 161 g/mol. The average molecular weight is 161 g/mol. The van der Waals surface area contributed by atoms with Crippen LogP contribution in [0.15, 0.2) is 0 Å². The van der Waals surface area contributed by atoms with E-state index in [1.165, 1.54) is 0 Å². The van der Waals surface area contributed by atoms with Gasteiger partial charge in [0.1, 0.15) is 12.1 Å². The van der Waals surface area contributed by atoms with Crippen LogP contribution in [-0.4, -0.2) is 31.8 Å². The highest BCUT2D eigenvalue weighted by Gasteiger charge is 2.12. The van der Waals surface area contributed by atoms with Gasteiger partial charge in [0.2, 0.25) is 0 Å². The Kier molecular flexibility index (Phi) is 4.81. The Labute approximate surface area is 66.7 Å². The van der Waals surface area contributed by atoms with E-state index in [0.29, 0.717) is 6.61 Å². The first-order chi connectivity index (χ1) is 5.07. The number of rotatable bonds is 4. The normalized spacial score (nSPS) is 15.6. The van der Waals surface area contributed by atoms with E-state index < -0.39 is 12.0 Å². The van der Waals surface area contributed by atoms with E-state index in [4.69, 9.17) is 15.2 Å². The summed E-state index contributed by atoms with van der Waals surface area (Å²) >= 11 is 0. The van der Waals surface area contributed by atoms with Gasteiger partial charge in [-0.1, -0.05) is 0 Å². The molecule has 0 aliphatic heterocycles. The van der Waals surface area contributed by atoms with Crippen molar-refractivity contribution < 1.29 is 14.3 Å². The molecule has 0 fully saturated rings. The molecule has 0 radical (unpaired) electrons. The van der Waals surface area contributed by atoms with Crippen LogP contribution in [-0.2, 0) is 14.3 Å². The maximum absolute atomic E-state index is 10.8. The van der Waals surface area contributed by atoms with E-state index >= 15 is 0 Å². The van der Waals surface area contributed by atoms with Crippen LogP contribution in [0.5, 0.6) is 0 Å². The van der Waals surface area contributed by atoms with Crippen molar-refractivity contribution in [2.24, 2.45) is 5.73 Å². The number of carbonyl (C=O) groups excluding carboxylic acids is 1. The lowest BCUT2D eigenvalue weighted by Gasteiger charge is -2.13. The quantitative estimate of drug-likeness (QED) is 0.585. The van der Waals surface area contributed by atoms with Crippen LogP contribution in [0.4, 0.5) is 0 Å². The van der Waals surface area contributed by atoms with Gasteiger partial charge in [-0.15, -0.1) is 0 Å². The minimum Gasteiger partial charge on any atom is -0.459 e. The second kappa shape index (κ2) is 5.09. The number of carbonyl (C=O) groups is 1. The van der Waals surface area contributed by atoms with E-state index in [1.807, 2.05) is 0 Å². The molecule has 4 heteroatoms. The maximum Gasteiger partial charge on any atom is 0.322 e. The van der Waals surface area contributed by atoms with Crippen molar-refractivity contribution in [1.82, 2.24) is 0 Å². The fourth-order valence-electron chi connectivity index (χ4n) is 0.574. The predicted molar refractivity (Wildman–Crippen MR) is 41.1 cm³/mol. The molecule has 0 saturated carbocycles. The SMILES string of the molecule is COCC(C)OC(=O)[C@H](C)N. The van der Waals surface area contributed by atoms with Gasteiger partial charge in [0.05, 0.1) is 6.61 Å². The van der Waals surface area contributed by atoms with E-state index in [-0.39, 0.29) is 6.10 Å². The number of ether oxygens (including phenoxy) is 2. The summed E-state index contributed by atoms with van der Waals surface area (Å²) < 4.78 is 9.63. The summed E-state index contributed by atoms with van der Waals surface area (Å²) in [4.78, 5) is 10.8. The van der Waals surface area contributed by atoms with Gasteiger partial charge in [0.25, 0.3) is 0 Å². The summed E-state index contributed by atoms with van der Waals surface area (Å²) in [7, 11) is 1.55. The highest BCUT2D eigenvalue weighted by atomic mass is 16.6. The van der Waals surface area contributed by atoms with Crippen LogP contribution in [0.1, 0.15) is 13.8 Å². The second-order valence-electron chi connectivity index (χ2n) is 2.49. The Bertz CT molecular complexity index is 125. The van der Waals surface area contributed by atoms with Gasteiger partial charge in [-0.05, 0) is 13.8 Å². The van der Waals surface area contributed by atoms with Crippen LogP contribution in [0, 0.1) is 0 Å². The van der Waals surface area contributed by atoms with Crippen LogP contribution in [0.2, 0.25) is 0 Å². The summed E-state index contributed by atoms with van der Waals surface area (Å²) in [6, 6.07) is -0.561. The summed E-state index contributed by atoms with van der Waals surface area (Å²) in [5.74, 6) is -0.394. The molecule has 0 aliphatic carbocycles. The van der Waals surface area contributed by atoms with Crippen molar-refractivity contribution >= 4 is 5.97 Å². The van der Waals surface area contributed by atoms with Gasteiger partial charge in [-0.3, -0.25) is 4.79 Å². The first kappa shape index (κ1) is 10.4. The molecule has 2 atom stereocenters. The topological polar surface area (TPSA) is 61.5 Å². The van der Waals surface area contributed by atoms with E-state index in [9.17, 15) is 4.79 Å². The van der Waals surface area contributed by atoms with E-state index in [2.05, 4.69) is 0 Å². The third kappa shape index (κ3) is 4.75. The molecule has 0 amide bonds. The molecular weight excluding hydrogens is 146 g/mol. The molecule has 0 rings (SSSR count). The van der Waals surface area contributed by atoms with Gasteiger partial charge >= 0.3 is 5.97 Å². The largest absolute Gasteiger partial charge is 0.459 e. The van der Waals surface area contributed by atoms with Gasteiger partial charge in [0.15, 0.2) is 0 Å². The zero-order valence-electron chi connectivity index (χ0n) is 7.16. The first-order valence-electron chi connectivity index (χ1n) is 3.53. The minimum atomic E-state index is -0.561. The van der Waals surface area contributed by atoms with Crippen LogP contribution < -0.4 is 5.73 Å². The number of methoxy groups -OCH3 is 1. The molecule has 0 spiro atoms. The van der Waals surface area contributed by atoms with Crippen LogP contribution >= 0.6 is 0 Å². The van der Waals surface area contributed by atoms with Gasteiger partial charge in [-0.25, -0.2) is 0 Å². The Hall–Kier alpha value is -0.610. The lowest BCUT2D eigenvalue weighted by atomic mass is 10.3. The molecule has 66 valence electrons. The highest BCUT2D eigenvalue weighted by Crippen LogP contribution is 1.93. The lowest BCUT2D eigenvalue weighted by Crippen LogP contribution is -2.32. The Morgan fingerprint density at radius 2 is 2.09 bits per heavy atom. The Morgan fingerprint density at radius 3 is 2.45 bits per heavy atom. The molecule has 0 saturated heterocycles. The smallest absolute Gasteiger partial charge is 0.322 e. The molecule has 0 aromatic heterocycles. The predicted octanol–water partition coefficient (Wildman–Crippen LogP) is -0.0883. The fraction of sp³-hybridized carbons (Fsp3) is 0.857. The first-order valence-corrected chi connectivity index (χ1v) is 3.53. The maximum atomic E-state index is 10.8. The van der Waals surface area contributed by atoms with Crippen molar-refractivity contribution in [2.45, 2.75) is 26.0 Å². The summed E-state index contributed by atoms with van der Waals surface area (Å²) in [6.45, 7) is 3.74. The van der Waals surface area contributed by atoms with Crippen LogP contribution in [0.3, 0.4) is 0 Å². The number of hydrogen-bond acceptors (Lipinski definition) is 4. The van der Waals surface area contributed by atoms with Gasteiger partial charge in [0, 0.05) is 7.11 Å². The third-order valence-electron chi connectivity index (χ3n) is 1.09. The molecule has 4 nitrogen and oxygen atoms in total. The summed E-state index contributed by atoms with van der Waals surface area (Å²) in [5, 5.41) is 0. The molecule has 11 heavy (non-hydrogen) atoms. The van der Waals surface area contributed by atoms with Gasteiger partial charge in [-0.2, -0.15) is 0 Å². The molecule has 1 unspecified atom stereocenters. The van der Waals surface area contributed by atoms with Gasteiger partial charge < -0.3 is 15.2 Å². The average Bonchev–Trinajstić information content (AvgIpc) is 1.87. The van der Waals surface area contributed by atoms with Crippen molar-refractivity contribution in [2.75, 3.05) is 13.7 Å². The molecular formula is C7H15NO3. The second-order valence-corrected chi connectivity index (χ2v) is 2.49. The molecule has 0 bridgehead atoms. The number of esters is 1. The lowest BCUT2D eigenvalue weighted by molar-refractivity contribution is -0.151. The van der Waals surface area contributed by atoms with Crippen molar-refractivity contribution in [1.29, 1.82) is 0 Å². The van der Waals surface area contributed by atoms with E-state index in [0.717, 1.165) is 0 Å². The molecule has 0 aromatic carbocycles. The number of nitrogens with two attached hydrogens (primary N) is 1. The number of hydrogen-bond donors (Lipinski definition) is 1. The fourth-order valence-corrected chi connectivity index (χ4v) is 0.574.